The highest BCUT2D eigenvalue weighted by atomic mass is 79.9. The van der Waals surface area contributed by atoms with E-state index in [0.717, 1.165) is 12.8 Å². The second kappa shape index (κ2) is 3.81. The number of aromatic nitrogens is 1. The lowest BCUT2D eigenvalue weighted by molar-refractivity contribution is 0.0697. The summed E-state index contributed by atoms with van der Waals surface area (Å²) in [5, 5.41) is 9.05. The number of aromatic carboxylic acids is 1. The fourth-order valence-corrected chi connectivity index (χ4v) is 1.84. The van der Waals surface area contributed by atoms with Crippen LogP contribution in [0.25, 0.3) is 0 Å². The molecular formula is C10H11BrN2O2. The summed E-state index contributed by atoms with van der Waals surface area (Å²) in [7, 11) is 1.89. The van der Waals surface area contributed by atoms with Crippen molar-refractivity contribution in [1.29, 1.82) is 0 Å². The molecule has 1 aliphatic rings. The average molecular weight is 271 g/mol. The zero-order valence-electron chi connectivity index (χ0n) is 8.27. The maximum Gasteiger partial charge on any atom is 0.339 e. The van der Waals surface area contributed by atoms with Gasteiger partial charge in [-0.1, -0.05) is 0 Å². The van der Waals surface area contributed by atoms with Gasteiger partial charge in [-0.3, -0.25) is 0 Å². The Balaban J connectivity index is 2.40. The molecule has 80 valence electrons. The lowest BCUT2D eigenvalue weighted by Gasteiger charge is -2.19. The van der Waals surface area contributed by atoms with E-state index in [2.05, 4.69) is 20.9 Å². The Morgan fingerprint density at radius 3 is 2.87 bits per heavy atom. The molecule has 0 radical (unpaired) electrons. The molecular weight excluding hydrogens is 260 g/mol. The SMILES string of the molecule is CN(c1ncc(Br)cc1C(=O)O)C1CC1. The number of carboxylic acid groups (broad SMARTS) is 1. The fraction of sp³-hybridized carbons (Fsp3) is 0.400. The van der Waals surface area contributed by atoms with Crippen LogP contribution in [0.15, 0.2) is 16.7 Å². The van der Waals surface area contributed by atoms with Gasteiger partial charge in [0.25, 0.3) is 0 Å². The summed E-state index contributed by atoms with van der Waals surface area (Å²) in [6, 6.07) is 2.04. The summed E-state index contributed by atoms with van der Waals surface area (Å²) in [6.07, 6.45) is 3.86. The van der Waals surface area contributed by atoms with Gasteiger partial charge in [0, 0.05) is 23.8 Å². The van der Waals surface area contributed by atoms with Gasteiger partial charge in [-0.05, 0) is 34.8 Å². The van der Waals surface area contributed by atoms with Crippen LogP contribution in [0.3, 0.4) is 0 Å². The Morgan fingerprint density at radius 1 is 1.67 bits per heavy atom. The van der Waals surface area contributed by atoms with Crippen LogP contribution < -0.4 is 4.90 Å². The third kappa shape index (κ3) is 2.12. The Hall–Kier alpha value is -1.10. The first-order valence-electron chi connectivity index (χ1n) is 4.71. The summed E-state index contributed by atoms with van der Waals surface area (Å²) >= 11 is 3.22. The maximum atomic E-state index is 11.0. The van der Waals surface area contributed by atoms with Crippen molar-refractivity contribution in [1.82, 2.24) is 4.98 Å². The first-order chi connectivity index (χ1) is 7.09. The summed E-state index contributed by atoms with van der Waals surface area (Å²) in [5.74, 6) is -0.389. The van der Waals surface area contributed by atoms with E-state index in [1.54, 1.807) is 12.3 Å². The van der Waals surface area contributed by atoms with Crippen molar-refractivity contribution in [2.24, 2.45) is 0 Å². The lowest BCUT2D eigenvalue weighted by atomic mass is 10.2. The number of halogens is 1. The Morgan fingerprint density at radius 2 is 2.33 bits per heavy atom. The number of hydrogen-bond donors (Lipinski definition) is 1. The van der Waals surface area contributed by atoms with Crippen LogP contribution in [0.2, 0.25) is 0 Å². The third-order valence-electron chi connectivity index (χ3n) is 2.49. The molecule has 0 amide bonds. The maximum absolute atomic E-state index is 11.0. The molecule has 1 aliphatic carbocycles. The van der Waals surface area contributed by atoms with Gasteiger partial charge >= 0.3 is 5.97 Å². The van der Waals surface area contributed by atoms with E-state index in [0.29, 0.717) is 16.3 Å². The quantitative estimate of drug-likeness (QED) is 0.915. The smallest absolute Gasteiger partial charge is 0.339 e. The molecule has 4 nitrogen and oxygen atoms in total. The van der Waals surface area contributed by atoms with Crippen LogP contribution in [0.5, 0.6) is 0 Å². The minimum Gasteiger partial charge on any atom is -0.478 e. The molecule has 1 heterocycles. The zero-order chi connectivity index (χ0) is 11.0. The third-order valence-corrected chi connectivity index (χ3v) is 2.93. The molecule has 0 spiro atoms. The summed E-state index contributed by atoms with van der Waals surface area (Å²) in [6.45, 7) is 0. The molecule has 0 bridgehead atoms. The second-order valence-corrected chi connectivity index (χ2v) is 4.59. The minimum atomic E-state index is -0.939. The molecule has 5 heteroatoms. The molecule has 15 heavy (non-hydrogen) atoms. The van der Waals surface area contributed by atoms with Crippen molar-refractivity contribution >= 4 is 27.7 Å². The Labute approximate surface area is 96.1 Å². The molecule has 1 saturated carbocycles. The molecule has 1 aromatic rings. The van der Waals surface area contributed by atoms with E-state index in [-0.39, 0.29) is 5.56 Å². The van der Waals surface area contributed by atoms with Crippen molar-refractivity contribution in [3.63, 3.8) is 0 Å². The molecule has 0 atom stereocenters. The number of nitrogens with zero attached hydrogens (tertiary/aromatic N) is 2. The average Bonchev–Trinajstić information content (AvgIpc) is 2.99. The molecule has 0 saturated heterocycles. The Kier molecular flexibility index (Phi) is 2.65. The highest BCUT2D eigenvalue weighted by molar-refractivity contribution is 9.10. The van der Waals surface area contributed by atoms with Crippen LogP contribution in [0, 0.1) is 0 Å². The molecule has 0 aliphatic heterocycles. The predicted octanol–water partition coefficient (Wildman–Crippen LogP) is 2.14. The van der Waals surface area contributed by atoms with Gasteiger partial charge in [0.2, 0.25) is 0 Å². The monoisotopic (exact) mass is 270 g/mol. The van der Waals surface area contributed by atoms with Crippen molar-refractivity contribution in [2.45, 2.75) is 18.9 Å². The number of carboxylic acids is 1. The topological polar surface area (TPSA) is 53.4 Å². The van der Waals surface area contributed by atoms with E-state index < -0.39 is 5.97 Å². The van der Waals surface area contributed by atoms with Crippen LogP contribution in [-0.2, 0) is 0 Å². The van der Waals surface area contributed by atoms with E-state index in [9.17, 15) is 4.79 Å². The molecule has 0 aromatic carbocycles. The zero-order valence-corrected chi connectivity index (χ0v) is 9.86. The standard InChI is InChI=1S/C10H11BrN2O2/c1-13(7-2-3-7)9-8(10(14)15)4-6(11)5-12-9/h4-5,7H,2-3H2,1H3,(H,14,15). The van der Waals surface area contributed by atoms with Crippen molar-refractivity contribution in [2.75, 3.05) is 11.9 Å². The van der Waals surface area contributed by atoms with Crippen LogP contribution in [-0.4, -0.2) is 29.1 Å². The number of hydrogen-bond acceptors (Lipinski definition) is 3. The molecule has 1 N–H and O–H groups in total. The summed E-state index contributed by atoms with van der Waals surface area (Å²) < 4.78 is 0.688. The number of anilines is 1. The van der Waals surface area contributed by atoms with Crippen LogP contribution in [0.1, 0.15) is 23.2 Å². The first-order valence-corrected chi connectivity index (χ1v) is 5.50. The van der Waals surface area contributed by atoms with Gasteiger partial charge in [-0.15, -0.1) is 0 Å². The van der Waals surface area contributed by atoms with Crippen molar-refractivity contribution < 1.29 is 9.90 Å². The van der Waals surface area contributed by atoms with E-state index in [4.69, 9.17) is 5.11 Å². The fourth-order valence-electron chi connectivity index (χ4n) is 1.51. The predicted molar refractivity (Wildman–Crippen MR) is 60.3 cm³/mol. The van der Waals surface area contributed by atoms with Crippen molar-refractivity contribution in [3.05, 3.63) is 22.3 Å². The van der Waals surface area contributed by atoms with Gasteiger partial charge in [0.05, 0.1) is 0 Å². The van der Waals surface area contributed by atoms with Gasteiger partial charge < -0.3 is 10.0 Å². The van der Waals surface area contributed by atoms with Gasteiger partial charge in [-0.25, -0.2) is 9.78 Å². The highest BCUT2D eigenvalue weighted by Gasteiger charge is 2.29. The number of pyridine rings is 1. The van der Waals surface area contributed by atoms with Crippen molar-refractivity contribution in [3.8, 4) is 0 Å². The Bertz CT molecular complexity index is 404. The normalized spacial score (nSPS) is 15.1. The van der Waals surface area contributed by atoms with Crippen LogP contribution >= 0.6 is 15.9 Å². The molecule has 2 rings (SSSR count). The lowest BCUT2D eigenvalue weighted by Crippen LogP contribution is -2.23. The highest BCUT2D eigenvalue weighted by Crippen LogP contribution is 2.31. The summed E-state index contributed by atoms with van der Waals surface area (Å²) in [4.78, 5) is 17.1. The van der Waals surface area contributed by atoms with Gasteiger partial charge in [0.1, 0.15) is 11.4 Å². The minimum absolute atomic E-state index is 0.249. The first kappa shape index (κ1) is 10.4. The second-order valence-electron chi connectivity index (χ2n) is 3.67. The number of carbonyl (C=O) groups is 1. The number of rotatable bonds is 3. The largest absolute Gasteiger partial charge is 0.478 e. The van der Waals surface area contributed by atoms with E-state index >= 15 is 0 Å². The summed E-state index contributed by atoms with van der Waals surface area (Å²) in [5.41, 5.74) is 0.249. The van der Waals surface area contributed by atoms with Gasteiger partial charge in [-0.2, -0.15) is 0 Å². The van der Waals surface area contributed by atoms with E-state index in [1.807, 2.05) is 11.9 Å². The van der Waals surface area contributed by atoms with Gasteiger partial charge in [0.15, 0.2) is 0 Å². The molecule has 0 unspecified atom stereocenters. The van der Waals surface area contributed by atoms with E-state index in [1.165, 1.54) is 0 Å². The molecule has 1 fully saturated rings. The van der Waals surface area contributed by atoms with Crippen LogP contribution in [0.4, 0.5) is 5.82 Å². The molecule has 1 aromatic heterocycles.